The average molecular weight is 362 g/mol. The number of H-pyrrole nitrogens is 1. The second-order valence-electron chi connectivity index (χ2n) is 6.41. The van der Waals surface area contributed by atoms with E-state index in [1.54, 1.807) is 36.4 Å². The molecule has 6 heteroatoms. The summed E-state index contributed by atoms with van der Waals surface area (Å²) in [5.74, 6) is 0.212. The number of aromatic nitrogens is 2. The standard InChI is InChI=1S/C21H22N4O2/c1-14(18-13-22-19-7-5-4-6-17(18)19)25(3)21(27)11-9-16-8-10-20(23-12-16)24-15(2)26/h4-14,22H,1-3H3,(H,23,24,26). The van der Waals surface area contributed by atoms with Gasteiger partial charge in [-0.2, -0.15) is 0 Å². The van der Waals surface area contributed by atoms with Crippen molar-refractivity contribution in [2.24, 2.45) is 0 Å². The van der Waals surface area contributed by atoms with E-state index in [0.29, 0.717) is 5.82 Å². The van der Waals surface area contributed by atoms with Crippen molar-refractivity contribution in [2.75, 3.05) is 12.4 Å². The molecule has 2 N–H and O–H groups in total. The lowest BCUT2D eigenvalue weighted by molar-refractivity contribution is -0.126. The first-order valence-corrected chi connectivity index (χ1v) is 8.70. The molecule has 3 rings (SSSR count). The first-order valence-electron chi connectivity index (χ1n) is 8.70. The lowest BCUT2D eigenvalue weighted by atomic mass is 10.1. The molecule has 0 aliphatic carbocycles. The summed E-state index contributed by atoms with van der Waals surface area (Å²) >= 11 is 0. The lowest BCUT2D eigenvalue weighted by Crippen LogP contribution is -2.27. The van der Waals surface area contributed by atoms with Gasteiger partial charge in [-0.25, -0.2) is 4.98 Å². The van der Waals surface area contributed by atoms with Gasteiger partial charge in [0.25, 0.3) is 0 Å². The number of carbonyl (C=O) groups excluding carboxylic acids is 2. The highest BCUT2D eigenvalue weighted by molar-refractivity contribution is 5.93. The molecule has 138 valence electrons. The zero-order valence-electron chi connectivity index (χ0n) is 15.6. The van der Waals surface area contributed by atoms with E-state index in [9.17, 15) is 9.59 Å². The molecule has 0 saturated heterocycles. The number of carbonyl (C=O) groups is 2. The van der Waals surface area contributed by atoms with Gasteiger partial charge in [0.05, 0.1) is 6.04 Å². The van der Waals surface area contributed by atoms with Crippen LogP contribution in [0.25, 0.3) is 17.0 Å². The van der Waals surface area contributed by atoms with Crippen molar-refractivity contribution in [3.8, 4) is 0 Å². The summed E-state index contributed by atoms with van der Waals surface area (Å²) < 4.78 is 0. The van der Waals surface area contributed by atoms with Crippen LogP contribution in [-0.4, -0.2) is 33.7 Å². The highest BCUT2D eigenvalue weighted by Gasteiger charge is 2.18. The molecule has 2 aromatic heterocycles. The summed E-state index contributed by atoms with van der Waals surface area (Å²) in [5, 5.41) is 3.72. The van der Waals surface area contributed by atoms with E-state index in [1.807, 2.05) is 37.4 Å². The molecule has 1 atom stereocenters. The second kappa shape index (κ2) is 7.86. The van der Waals surface area contributed by atoms with Crippen LogP contribution in [0.5, 0.6) is 0 Å². The van der Waals surface area contributed by atoms with Gasteiger partial charge < -0.3 is 15.2 Å². The fourth-order valence-electron chi connectivity index (χ4n) is 2.88. The topological polar surface area (TPSA) is 78.1 Å². The smallest absolute Gasteiger partial charge is 0.246 e. The SMILES string of the molecule is CC(=O)Nc1ccc(C=CC(=O)N(C)C(C)c2c[nH]c3ccccc23)cn1. The third kappa shape index (κ3) is 4.23. The Morgan fingerprint density at radius 2 is 2.00 bits per heavy atom. The normalized spacial score (nSPS) is 12.3. The minimum absolute atomic E-state index is 0.0708. The molecule has 0 aliphatic heterocycles. The number of fused-ring (bicyclic) bond motifs is 1. The molecule has 0 saturated carbocycles. The van der Waals surface area contributed by atoms with Crippen molar-refractivity contribution in [3.63, 3.8) is 0 Å². The summed E-state index contributed by atoms with van der Waals surface area (Å²) in [6.07, 6.45) is 6.80. The number of hydrogen-bond donors (Lipinski definition) is 2. The van der Waals surface area contributed by atoms with Crippen LogP contribution >= 0.6 is 0 Å². The van der Waals surface area contributed by atoms with E-state index in [0.717, 1.165) is 22.0 Å². The number of anilines is 1. The number of benzene rings is 1. The Kier molecular flexibility index (Phi) is 5.35. The van der Waals surface area contributed by atoms with Crippen molar-refractivity contribution in [1.82, 2.24) is 14.9 Å². The molecule has 2 heterocycles. The first-order chi connectivity index (χ1) is 13.0. The molecule has 1 unspecified atom stereocenters. The maximum atomic E-state index is 12.6. The number of nitrogens with one attached hydrogen (secondary N) is 2. The van der Waals surface area contributed by atoms with E-state index in [2.05, 4.69) is 15.3 Å². The van der Waals surface area contributed by atoms with Crippen molar-refractivity contribution < 1.29 is 9.59 Å². The van der Waals surface area contributed by atoms with Crippen molar-refractivity contribution in [2.45, 2.75) is 19.9 Å². The Hall–Kier alpha value is -3.41. The molecule has 0 aliphatic rings. The first kappa shape index (κ1) is 18.4. The molecule has 0 fully saturated rings. The number of likely N-dealkylation sites (N-methyl/N-ethyl adjacent to an activating group) is 1. The van der Waals surface area contributed by atoms with Gasteiger partial charge in [-0.15, -0.1) is 0 Å². The van der Waals surface area contributed by atoms with Gasteiger partial charge >= 0.3 is 0 Å². The summed E-state index contributed by atoms with van der Waals surface area (Å²) in [7, 11) is 1.79. The Bertz CT molecular complexity index is 989. The zero-order chi connectivity index (χ0) is 19.4. The van der Waals surface area contributed by atoms with Crippen molar-refractivity contribution >= 4 is 34.6 Å². The number of nitrogens with zero attached hydrogens (tertiary/aromatic N) is 2. The van der Waals surface area contributed by atoms with E-state index in [1.165, 1.54) is 13.0 Å². The molecule has 6 nitrogen and oxygen atoms in total. The van der Waals surface area contributed by atoms with Gasteiger partial charge in [-0.05, 0) is 42.3 Å². The predicted molar refractivity (Wildman–Crippen MR) is 107 cm³/mol. The summed E-state index contributed by atoms with van der Waals surface area (Å²) in [4.78, 5) is 32.7. The van der Waals surface area contributed by atoms with Gasteiger partial charge in [0, 0.05) is 43.3 Å². The average Bonchev–Trinajstić information content (AvgIpc) is 3.09. The van der Waals surface area contributed by atoms with Crippen LogP contribution < -0.4 is 5.32 Å². The third-order valence-corrected chi connectivity index (χ3v) is 4.51. The van der Waals surface area contributed by atoms with E-state index < -0.39 is 0 Å². The molecule has 3 aromatic rings. The number of hydrogen-bond acceptors (Lipinski definition) is 3. The van der Waals surface area contributed by atoms with Gasteiger partial charge in [-0.1, -0.05) is 18.2 Å². The van der Waals surface area contributed by atoms with Crippen LogP contribution in [-0.2, 0) is 9.59 Å². The quantitative estimate of drug-likeness (QED) is 0.679. The van der Waals surface area contributed by atoms with E-state index >= 15 is 0 Å². The molecule has 0 radical (unpaired) electrons. The van der Waals surface area contributed by atoms with Crippen LogP contribution in [0.1, 0.15) is 31.0 Å². The summed E-state index contributed by atoms with van der Waals surface area (Å²) in [6, 6.07) is 11.5. The Morgan fingerprint density at radius 3 is 2.70 bits per heavy atom. The number of rotatable bonds is 5. The van der Waals surface area contributed by atoms with E-state index in [4.69, 9.17) is 0 Å². The van der Waals surface area contributed by atoms with E-state index in [-0.39, 0.29) is 17.9 Å². The molecule has 2 amide bonds. The van der Waals surface area contributed by atoms with Crippen LogP contribution in [0, 0.1) is 0 Å². The Balaban J connectivity index is 1.69. The number of para-hydroxylation sites is 1. The van der Waals surface area contributed by atoms with Gasteiger partial charge in [0.15, 0.2) is 0 Å². The second-order valence-corrected chi connectivity index (χ2v) is 6.41. The Morgan fingerprint density at radius 1 is 1.22 bits per heavy atom. The third-order valence-electron chi connectivity index (χ3n) is 4.51. The summed E-state index contributed by atoms with van der Waals surface area (Å²) in [5.41, 5.74) is 2.92. The largest absolute Gasteiger partial charge is 0.361 e. The monoisotopic (exact) mass is 362 g/mol. The van der Waals surface area contributed by atoms with Crippen molar-refractivity contribution in [3.05, 3.63) is 66.0 Å². The Labute approximate surface area is 157 Å². The zero-order valence-corrected chi connectivity index (χ0v) is 15.6. The molecule has 27 heavy (non-hydrogen) atoms. The number of pyridine rings is 1. The summed E-state index contributed by atoms with van der Waals surface area (Å²) in [6.45, 7) is 3.43. The van der Waals surface area contributed by atoms with Crippen molar-refractivity contribution in [1.29, 1.82) is 0 Å². The van der Waals surface area contributed by atoms with Gasteiger partial charge in [0.1, 0.15) is 5.82 Å². The highest BCUT2D eigenvalue weighted by Crippen LogP contribution is 2.27. The number of amides is 2. The highest BCUT2D eigenvalue weighted by atomic mass is 16.2. The molecule has 1 aromatic carbocycles. The number of aromatic amines is 1. The molecular weight excluding hydrogens is 340 g/mol. The molecular formula is C21H22N4O2. The van der Waals surface area contributed by atoms with Crippen LogP contribution in [0.15, 0.2) is 54.9 Å². The van der Waals surface area contributed by atoms with Crippen LogP contribution in [0.4, 0.5) is 5.82 Å². The molecule has 0 bridgehead atoms. The van der Waals surface area contributed by atoms with Gasteiger partial charge in [-0.3, -0.25) is 9.59 Å². The van der Waals surface area contributed by atoms with Crippen LogP contribution in [0.2, 0.25) is 0 Å². The maximum absolute atomic E-state index is 12.6. The van der Waals surface area contributed by atoms with Gasteiger partial charge in [0.2, 0.25) is 11.8 Å². The maximum Gasteiger partial charge on any atom is 0.246 e. The predicted octanol–water partition coefficient (Wildman–Crippen LogP) is 3.75. The molecule has 0 spiro atoms. The fourth-order valence-corrected chi connectivity index (χ4v) is 2.88. The minimum Gasteiger partial charge on any atom is -0.361 e. The van der Waals surface area contributed by atoms with Crippen LogP contribution in [0.3, 0.4) is 0 Å². The fraction of sp³-hybridized carbons (Fsp3) is 0.190. The minimum atomic E-state index is -0.172. The lowest BCUT2D eigenvalue weighted by Gasteiger charge is -2.23.